The minimum Gasteiger partial charge on any atom is -0.385 e. The topological polar surface area (TPSA) is 122 Å². The summed E-state index contributed by atoms with van der Waals surface area (Å²) in [4.78, 5) is 36.9. The lowest BCUT2D eigenvalue weighted by Crippen LogP contribution is -2.41. The average Bonchev–Trinajstić information content (AvgIpc) is 3.24. The third-order valence-corrected chi connectivity index (χ3v) is 5.42. The molecule has 0 radical (unpaired) electrons. The van der Waals surface area contributed by atoms with Gasteiger partial charge in [0.05, 0.1) is 16.8 Å². The lowest BCUT2D eigenvalue weighted by molar-refractivity contribution is -0.384. The first kappa shape index (κ1) is 22.3. The summed E-state index contributed by atoms with van der Waals surface area (Å²) in [6, 6.07) is 6.21. The Morgan fingerprint density at radius 3 is 2.52 bits per heavy atom. The number of aryl methyl sites for hydroxylation is 1. The van der Waals surface area contributed by atoms with Gasteiger partial charge in [0.15, 0.2) is 0 Å². The quantitative estimate of drug-likeness (QED) is 0.360. The minimum atomic E-state index is -0.435. The SMILES string of the molecule is CCn1cc(NC(=O)C2CCN(C(=O)CCCNc3ccc([N+](=O)[O-])cc3)CC2)cn1. The van der Waals surface area contributed by atoms with Gasteiger partial charge in [0.2, 0.25) is 11.8 Å². The van der Waals surface area contributed by atoms with Crippen molar-refractivity contribution in [3.05, 3.63) is 46.8 Å². The number of hydrogen-bond acceptors (Lipinski definition) is 6. The van der Waals surface area contributed by atoms with Crippen molar-refractivity contribution in [3.8, 4) is 0 Å². The molecule has 10 heteroatoms. The maximum atomic E-state index is 12.4. The Hall–Kier alpha value is -3.43. The highest BCUT2D eigenvalue weighted by Crippen LogP contribution is 2.20. The molecule has 1 saturated heterocycles. The molecule has 1 aromatic carbocycles. The molecule has 2 heterocycles. The number of rotatable bonds is 9. The van der Waals surface area contributed by atoms with Gasteiger partial charge in [-0.05, 0) is 38.3 Å². The summed E-state index contributed by atoms with van der Waals surface area (Å²) in [6.07, 6.45) is 5.85. The molecule has 2 aromatic rings. The largest absolute Gasteiger partial charge is 0.385 e. The van der Waals surface area contributed by atoms with Crippen LogP contribution in [-0.2, 0) is 16.1 Å². The van der Waals surface area contributed by atoms with Crippen molar-refractivity contribution in [1.29, 1.82) is 0 Å². The molecular formula is C21H28N6O4. The zero-order chi connectivity index (χ0) is 22.2. The summed E-state index contributed by atoms with van der Waals surface area (Å²) in [7, 11) is 0. The molecule has 3 rings (SSSR count). The summed E-state index contributed by atoms with van der Waals surface area (Å²) in [5.74, 6) is -0.0264. The standard InChI is InChI=1S/C21H28N6O4/c1-2-26-15-18(14-23-26)24-21(29)16-9-12-25(13-10-16)20(28)4-3-11-22-17-5-7-19(8-6-17)27(30)31/h5-8,14-16,22H,2-4,9-13H2,1H3,(H,24,29). The van der Waals surface area contributed by atoms with E-state index in [0.717, 1.165) is 12.2 Å². The molecule has 1 aliphatic rings. The van der Waals surface area contributed by atoms with Crippen molar-refractivity contribution in [3.63, 3.8) is 0 Å². The molecule has 0 spiro atoms. The third-order valence-electron chi connectivity index (χ3n) is 5.42. The smallest absolute Gasteiger partial charge is 0.269 e. The molecule has 1 fully saturated rings. The monoisotopic (exact) mass is 428 g/mol. The number of benzene rings is 1. The van der Waals surface area contributed by atoms with Crippen LogP contribution < -0.4 is 10.6 Å². The van der Waals surface area contributed by atoms with E-state index in [4.69, 9.17) is 0 Å². The van der Waals surface area contributed by atoms with Crippen LogP contribution >= 0.6 is 0 Å². The Bertz CT molecular complexity index is 903. The molecule has 1 aromatic heterocycles. The van der Waals surface area contributed by atoms with E-state index in [1.807, 2.05) is 11.8 Å². The molecule has 2 N–H and O–H groups in total. The molecule has 31 heavy (non-hydrogen) atoms. The fourth-order valence-corrected chi connectivity index (χ4v) is 3.57. The number of anilines is 2. The van der Waals surface area contributed by atoms with Crippen LogP contribution in [0.15, 0.2) is 36.7 Å². The number of nitrogens with zero attached hydrogens (tertiary/aromatic N) is 4. The highest BCUT2D eigenvalue weighted by atomic mass is 16.6. The first-order chi connectivity index (χ1) is 15.0. The maximum absolute atomic E-state index is 12.4. The Kier molecular flexibility index (Phi) is 7.58. The third kappa shape index (κ3) is 6.27. The number of non-ortho nitro benzene ring substituents is 1. The van der Waals surface area contributed by atoms with Gasteiger partial charge in [0.1, 0.15) is 0 Å². The second-order valence-corrected chi connectivity index (χ2v) is 7.56. The molecule has 0 aliphatic carbocycles. The number of nitro benzene ring substituents is 1. The number of piperidine rings is 1. The Morgan fingerprint density at radius 2 is 1.90 bits per heavy atom. The van der Waals surface area contributed by atoms with Gasteiger partial charge in [-0.2, -0.15) is 5.10 Å². The number of carbonyl (C=O) groups excluding carboxylic acids is 2. The van der Waals surface area contributed by atoms with Crippen molar-refractivity contribution < 1.29 is 14.5 Å². The zero-order valence-corrected chi connectivity index (χ0v) is 17.6. The van der Waals surface area contributed by atoms with Gasteiger partial charge in [-0.1, -0.05) is 0 Å². The summed E-state index contributed by atoms with van der Waals surface area (Å²) < 4.78 is 1.76. The minimum absolute atomic E-state index is 0.0185. The molecule has 2 amide bonds. The second kappa shape index (κ2) is 10.6. The van der Waals surface area contributed by atoms with E-state index in [2.05, 4.69) is 15.7 Å². The highest BCUT2D eigenvalue weighted by Gasteiger charge is 2.27. The first-order valence-corrected chi connectivity index (χ1v) is 10.6. The van der Waals surface area contributed by atoms with Gasteiger partial charge in [-0.3, -0.25) is 24.4 Å². The van der Waals surface area contributed by atoms with Gasteiger partial charge in [0, 0.05) is 62.5 Å². The van der Waals surface area contributed by atoms with Crippen LogP contribution in [0.5, 0.6) is 0 Å². The lowest BCUT2D eigenvalue weighted by Gasteiger charge is -2.31. The zero-order valence-electron chi connectivity index (χ0n) is 17.6. The van der Waals surface area contributed by atoms with E-state index in [-0.39, 0.29) is 23.4 Å². The second-order valence-electron chi connectivity index (χ2n) is 7.56. The summed E-state index contributed by atoms with van der Waals surface area (Å²) >= 11 is 0. The van der Waals surface area contributed by atoms with E-state index >= 15 is 0 Å². The molecule has 0 unspecified atom stereocenters. The van der Waals surface area contributed by atoms with Gasteiger partial charge in [-0.15, -0.1) is 0 Å². The molecule has 0 atom stereocenters. The predicted molar refractivity (Wildman–Crippen MR) is 117 cm³/mol. The van der Waals surface area contributed by atoms with E-state index < -0.39 is 4.92 Å². The maximum Gasteiger partial charge on any atom is 0.269 e. The Balaban J connectivity index is 1.34. The van der Waals surface area contributed by atoms with Gasteiger partial charge < -0.3 is 15.5 Å². The van der Waals surface area contributed by atoms with E-state index in [9.17, 15) is 19.7 Å². The lowest BCUT2D eigenvalue weighted by atomic mass is 9.95. The van der Waals surface area contributed by atoms with Crippen molar-refractivity contribution in [2.45, 2.75) is 39.2 Å². The van der Waals surface area contributed by atoms with Crippen LogP contribution in [0.3, 0.4) is 0 Å². The summed E-state index contributed by atoms with van der Waals surface area (Å²) in [6.45, 7) is 4.51. The number of nitro groups is 1. The number of hydrogen-bond donors (Lipinski definition) is 2. The number of aromatic nitrogens is 2. The van der Waals surface area contributed by atoms with Crippen molar-refractivity contribution >= 4 is 28.9 Å². The highest BCUT2D eigenvalue weighted by molar-refractivity contribution is 5.92. The Labute approximate surface area is 180 Å². The average molecular weight is 428 g/mol. The van der Waals surface area contributed by atoms with Gasteiger partial charge >= 0.3 is 0 Å². The molecule has 0 bridgehead atoms. The first-order valence-electron chi connectivity index (χ1n) is 10.6. The number of amides is 2. The number of nitrogens with one attached hydrogen (secondary N) is 2. The van der Waals surface area contributed by atoms with Crippen LogP contribution in [0, 0.1) is 16.0 Å². The molecule has 0 saturated carbocycles. The van der Waals surface area contributed by atoms with Gasteiger partial charge in [0.25, 0.3) is 5.69 Å². The van der Waals surface area contributed by atoms with Crippen LogP contribution in [0.25, 0.3) is 0 Å². The Morgan fingerprint density at radius 1 is 1.19 bits per heavy atom. The van der Waals surface area contributed by atoms with Crippen molar-refractivity contribution in [2.24, 2.45) is 5.92 Å². The van der Waals surface area contributed by atoms with E-state index in [0.29, 0.717) is 51.0 Å². The predicted octanol–water partition coefficient (Wildman–Crippen LogP) is 2.88. The number of likely N-dealkylation sites (tertiary alicyclic amines) is 1. The van der Waals surface area contributed by atoms with E-state index in [1.165, 1.54) is 12.1 Å². The molecule has 1 aliphatic heterocycles. The van der Waals surface area contributed by atoms with Crippen molar-refractivity contribution in [2.75, 3.05) is 30.3 Å². The van der Waals surface area contributed by atoms with E-state index in [1.54, 1.807) is 29.2 Å². The normalized spacial score (nSPS) is 14.3. The molecule has 10 nitrogen and oxygen atoms in total. The summed E-state index contributed by atoms with van der Waals surface area (Å²) in [5, 5.41) is 20.9. The van der Waals surface area contributed by atoms with Crippen LogP contribution in [0.1, 0.15) is 32.6 Å². The number of carbonyl (C=O) groups is 2. The molecule has 166 valence electrons. The molecular weight excluding hydrogens is 400 g/mol. The van der Waals surface area contributed by atoms with Crippen LogP contribution in [0.4, 0.5) is 17.1 Å². The fraction of sp³-hybridized carbons (Fsp3) is 0.476. The summed E-state index contributed by atoms with van der Waals surface area (Å²) in [5.41, 5.74) is 1.54. The van der Waals surface area contributed by atoms with Crippen LogP contribution in [0.2, 0.25) is 0 Å². The van der Waals surface area contributed by atoms with Gasteiger partial charge in [-0.25, -0.2) is 0 Å². The fourth-order valence-electron chi connectivity index (χ4n) is 3.57. The van der Waals surface area contributed by atoms with Crippen molar-refractivity contribution in [1.82, 2.24) is 14.7 Å². The van der Waals surface area contributed by atoms with Crippen LogP contribution in [-0.4, -0.2) is 51.1 Å².